The molecular formula is C13H13NO2. The predicted octanol–water partition coefficient (Wildman–Crippen LogP) is 2.25. The minimum Gasteiger partial charge on any atom is -0.497 e. The van der Waals surface area contributed by atoms with Crippen LogP contribution in [0.15, 0.2) is 42.7 Å². The molecule has 0 unspecified atom stereocenters. The lowest BCUT2D eigenvalue weighted by atomic mass is 10.0. The van der Waals surface area contributed by atoms with Crippen LogP contribution >= 0.6 is 0 Å². The molecule has 1 aromatic carbocycles. The van der Waals surface area contributed by atoms with Gasteiger partial charge in [-0.05, 0) is 29.3 Å². The number of aliphatic hydroxyl groups excluding tert-OH is 1. The van der Waals surface area contributed by atoms with E-state index in [1.165, 1.54) is 0 Å². The zero-order valence-electron chi connectivity index (χ0n) is 9.05. The van der Waals surface area contributed by atoms with Crippen molar-refractivity contribution >= 4 is 0 Å². The maximum atomic E-state index is 9.23. The maximum absolute atomic E-state index is 9.23. The van der Waals surface area contributed by atoms with Crippen molar-refractivity contribution in [3.63, 3.8) is 0 Å². The molecule has 0 bridgehead atoms. The number of hydrogen-bond acceptors (Lipinski definition) is 3. The highest BCUT2D eigenvalue weighted by atomic mass is 16.5. The second-order valence-corrected chi connectivity index (χ2v) is 3.42. The maximum Gasteiger partial charge on any atom is 0.119 e. The van der Waals surface area contributed by atoms with Crippen LogP contribution in [0.1, 0.15) is 5.56 Å². The molecule has 2 rings (SSSR count). The monoisotopic (exact) mass is 215 g/mol. The lowest BCUT2D eigenvalue weighted by Crippen LogP contribution is -1.91. The lowest BCUT2D eigenvalue weighted by molar-refractivity contribution is 0.282. The van der Waals surface area contributed by atoms with Gasteiger partial charge in [-0.3, -0.25) is 4.98 Å². The third-order valence-electron chi connectivity index (χ3n) is 2.45. The second kappa shape index (κ2) is 4.77. The number of rotatable bonds is 3. The van der Waals surface area contributed by atoms with Crippen LogP contribution in [0, 0.1) is 0 Å². The summed E-state index contributed by atoms with van der Waals surface area (Å²) in [5.41, 5.74) is 2.82. The van der Waals surface area contributed by atoms with Crippen LogP contribution in [0.25, 0.3) is 11.1 Å². The highest BCUT2D eigenvalue weighted by molar-refractivity contribution is 5.67. The zero-order valence-corrected chi connectivity index (χ0v) is 9.05. The molecule has 0 aliphatic heterocycles. The highest BCUT2D eigenvalue weighted by Crippen LogP contribution is 2.26. The van der Waals surface area contributed by atoms with Gasteiger partial charge in [-0.25, -0.2) is 0 Å². The molecule has 3 nitrogen and oxygen atoms in total. The van der Waals surface area contributed by atoms with Gasteiger partial charge in [0.05, 0.1) is 13.7 Å². The largest absolute Gasteiger partial charge is 0.497 e. The number of aliphatic hydroxyl groups is 1. The topological polar surface area (TPSA) is 42.4 Å². The highest BCUT2D eigenvalue weighted by Gasteiger charge is 2.04. The van der Waals surface area contributed by atoms with Gasteiger partial charge in [-0.2, -0.15) is 0 Å². The van der Waals surface area contributed by atoms with Crippen molar-refractivity contribution in [2.45, 2.75) is 6.61 Å². The molecule has 82 valence electrons. The van der Waals surface area contributed by atoms with E-state index in [2.05, 4.69) is 4.98 Å². The van der Waals surface area contributed by atoms with Crippen LogP contribution < -0.4 is 4.74 Å². The molecule has 0 radical (unpaired) electrons. The van der Waals surface area contributed by atoms with Gasteiger partial charge in [0.2, 0.25) is 0 Å². The summed E-state index contributed by atoms with van der Waals surface area (Å²) in [6.45, 7) is -0.0135. The van der Waals surface area contributed by atoms with Gasteiger partial charge in [0.15, 0.2) is 0 Å². The Labute approximate surface area is 94.3 Å². The van der Waals surface area contributed by atoms with Crippen LogP contribution in [-0.2, 0) is 6.61 Å². The smallest absolute Gasteiger partial charge is 0.119 e. The first-order valence-corrected chi connectivity index (χ1v) is 5.03. The van der Waals surface area contributed by atoms with Crippen LogP contribution in [0.2, 0.25) is 0 Å². The van der Waals surface area contributed by atoms with E-state index in [-0.39, 0.29) is 6.61 Å². The first kappa shape index (κ1) is 10.6. The van der Waals surface area contributed by atoms with E-state index in [1.54, 1.807) is 19.5 Å². The molecule has 0 spiro atoms. The van der Waals surface area contributed by atoms with Crippen molar-refractivity contribution in [1.82, 2.24) is 4.98 Å². The summed E-state index contributed by atoms with van der Waals surface area (Å²) in [6.07, 6.45) is 3.39. The normalized spacial score (nSPS) is 10.1. The SMILES string of the molecule is COc1cccc(-c2ccncc2CO)c1. The van der Waals surface area contributed by atoms with Gasteiger partial charge < -0.3 is 9.84 Å². The Morgan fingerprint density at radius 3 is 2.94 bits per heavy atom. The molecule has 0 atom stereocenters. The van der Waals surface area contributed by atoms with Gasteiger partial charge in [0.1, 0.15) is 5.75 Å². The van der Waals surface area contributed by atoms with Crippen molar-refractivity contribution in [3.8, 4) is 16.9 Å². The Kier molecular flexibility index (Phi) is 3.17. The van der Waals surface area contributed by atoms with Crippen molar-refractivity contribution < 1.29 is 9.84 Å². The van der Waals surface area contributed by atoms with Crippen molar-refractivity contribution in [3.05, 3.63) is 48.3 Å². The molecule has 3 heteroatoms. The first-order chi connectivity index (χ1) is 7.85. The predicted molar refractivity (Wildman–Crippen MR) is 62.1 cm³/mol. The zero-order chi connectivity index (χ0) is 11.4. The van der Waals surface area contributed by atoms with E-state index >= 15 is 0 Å². The number of ether oxygens (including phenoxy) is 1. The fourth-order valence-electron chi connectivity index (χ4n) is 1.63. The molecule has 0 aliphatic rings. The standard InChI is InChI=1S/C13H13NO2/c1-16-12-4-2-3-10(7-12)13-5-6-14-8-11(13)9-15/h2-8,15H,9H2,1H3. The van der Waals surface area contributed by atoms with Crippen LogP contribution in [0.5, 0.6) is 5.75 Å². The third kappa shape index (κ3) is 2.04. The minimum atomic E-state index is -0.0135. The van der Waals surface area contributed by atoms with E-state index in [9.17, 15) is 5.11 Å². The quantitative estimate of drug-likeness (QED) is 0.853. The average molecular weight is 215 g/mol. The fraction of sp³-hybridized carbons (Fsp3) is 0.154. The summed E-state index contributed by atoms with van der Waals surface area (Å²) in [5, 5.41) is 9.23. The van der Waals surface area contributed by atoms with Gasteiger partial charge in [-0.15, -0.1) is 0 Å². The molecule has 2 aromatic rings. The molecule has 1 N–H and O–H groups in total. The summed E-state index contributed by atoms with van der Waals surface area (Å²) in [5.74, 6) is 0.804. The fourth-order valence-corrected chi connectivity index (χ4v) is 1.63. The van der Waals surface area contributed by atoms with Crippen molar-refractivity contribution in [2.24, 2.45) is 0 Å². The number of aromatic nitrogens is 1. The Morgan fingerprint density at radius 2 is 2.19 bits per heavy atom. The minimum absolute atomic E-state index is 0.0135. The van der Waals surface area contributed by atoms with Crippen molar-refractivity contribution in [2.75, 3.05) is 7.11 Å². The molecule has 0 saturated carbocycles. The Bertz CT molecular complexity index is 483. The number of benzene rings is 1. The molecule has 1 aromatic heterocycles. The Hall–Kier alpha value is -1.87. The first-order valence-electron chi connectivity index (χ1n) is 5.03. The van der Waals surface area contributed by atoms with E-state index < -0.39 is 0 Å². The summed E-state index contributed by atoms with van der Waals surface area (Å²) >= 11 is 0. The molecule has 1 heterocycles. The van der Waals surface area contributed by atoms with E-state index in [0.717, 1.165) is 22.4 Å². The van der Waals surface area contributed by atoms with Crippen LogP contribution in [0.3, 0.4) is 0 Å². The Morgan fingerprint density at radius 1 is 1.31 bits per heavy atom. The van der Waals surface area contributed by atoms with Gasteiger partial charge in [-0.1, -0.05) is 12.1 Å². The summed E-state index contributed by atoms with van der Waals surface area (Å²) < 4.78 is 5.17. The number of nitrogens with zero attached hydrogens (tertiary/aromatic N) is 1. The summed E-state index contributed by atoms with van der Waals surface area (Å²) in [4.78, 5) is 3.99. The van der Waals surface area contributed by atoms with E-state index in [0.29, 0.717) is 0 Å². The lowest BCUT2D eigenvalue weighted by Gasteiger charge is -2.08. The molecule has 16 heavy (non-hydrogen) atoms. The van der Waals surface area contributed by atoms with Crippen LogP contribution in [-0.4, -0.2) is 17.2 Å². The third-order valence-corrected chi connectivity index (χ3v) is 2.45. The molecule has 0 saturated heterocycles. The molecule has 0 fully saturated rings. The second-order valence-electron chi connectivity index (χ2n) is 3.42. The molecular weight excluding hydrogens is 202 g/mol. The van der Waals surface area contributed by atoms with Crippen LogP contribution in [0.4, 0.5) is 0 Å². The average Bonchev–Trinajstić information content (AvgIpc) is 2.38. The number of hydrogen-bond donors (Lipinski definition) is 1. The van der Waals surface area contributed by atoms with Gasteiger partial charge in [0, 0.05) is 18.0 Å². The Balaban J connectivity index is 2.49. The number of methoxy groups -OCH3 is 1. The molecule has 0 amide bonds. The molecule has 0 aliphatic carbocycles. The van der Waals surface area contributed by atoms with Gasteiger partial charge >= 0.3 is 0 Å². The van der Waals surface area contributed by atoms with Gasteiger partial charge in [0.25, 0.3) is 0 Å². The number of pyridine rings is 1. The van der Waals surface area contributed by atoms with E-state index in [4.69, 9.17) is 4.74 Å². The van der Waals surface area contributed by atoms with Crippen molar-refractivity contribution in [1.29, 1.82) is 0 Å². The van der Waals surface area contributed by atoms with E-state index in [1.807, 2.05) is 30.3 Å². The summed E-state index contributed by atoms with van der Waals surface area (Å²) in [6, 6.07) is 9.63. The summed E-state index contributed by atoms with van der Waals surface area (Å²) in [7, 11) is 1.64.